The highest BCUT2D eigenvalue weighted by Crippen LogP contribution is 2.37. The molecule has 2 aliphatic rings. The highest BCUT2D eigenvalue weighted by Gasteiger charge is 2.41. The second-order valence-electron chi connectivity index (χ2n) is 9.98. The van der Waals surface area contributed by atoms with Gasteiger partial charge >= 0.3 is 0 Å². The summed E-state index contributed by atoms with van der Waals surface area (Å²) in [5.74, 6) is -1.73. The van der Waals surface area contributed by atoms with Gasteiger partial charge in [-0.15, -0.1) is 0 Å². The summed E-state index contributed by atoms with van der Waals surface area (Å²) in [6.07, 6.45) is 1.47. The van der Waals surface area contributed by atoms with Gasteiger partial charge in [0.15, 0.2) is 0 Å². The van der Waals surface area contributed by atoms with Gasteiger partial charge in [-0.2, -0.15) is 0 Å². The van der Waals surface area contributed by atoms with Crippen molar-refractivity contribution < 1.29 is 22.4 Å². The zero-order chi connectivity index (χ0) is 28.6. The Hall–Kier alpha value is -3.18. The first-order valence-electron chi connectivity index (χ1n) is 12.6. The molecule has 0 saturated carbocycles. The van der Waals surface area contributed by atoms with Crippen LogP contribution in [0.4, 0.5) is 10.1 Å². The van der Waals surface area contributed by atoms with E-state index < -0.39 is 33.8 Å². The number of hydrogen-bond acceptors (Lipinski definition) is 5. The number of likely N-dealkylation sites (tertiary alicyclic amines) is 1. The van der Waals surface area contributed by atoms with Gasteiger partial charge in [-0.3, -0.25) is 18.8 Å². The normalized spacial score (nSPS) is 17.9. The standard InChI is InChI=1S/C28H27Cl2FN4O4S/c1-40(38,39)35(23-13-19(12-22(31)14-23)27(36)33-25-10-11-32-28(25)37)24-15-34(16-24)26(17-2-6-20(29)7-3-17)18-4-8-21(30)9-5-18/h2-9,12-14,24-26H,10-11,15-16H2,1H3,(H,32,37)(H,33,36)/t25-/m1/s1. The molecule has 5 rings (SSSR count). The minimum absolute atomic E-state index is 0.0442. The third-order valence-corrected chi connectivity index (χ3v) is 8.80. The van der Waals surface area contributed by atoms with E-state index in [1.165, 1.54) is 6.07 Å². The Kier molecular flexibility index (Phi) is 8.05. The van der Waals surface area contributed by atoms with Crippen molar-refractivity contribution in [3.63, 3.8) is 0 Å². The zero-order valence-corrected chi connectivity index (χ0v) is 23.8. The number of nitrogens with zero attached hydrogens (tertiary/aromatic N) is 2. The van der Waals surface area contributed by atoms with Gasteiger partial charge in [-0.25, -0.2) is 12.8 Å². The Morgan fingerprint density at radius 3 is 2.10 bits per heavy atom. The molecule has 0 radical (unpaired) electrons. The maximum Gasteiger partial charge on any atom is 0.252 e. The van der Waals surface area contributed by atoms with Crippen molar-refractivity contribution >= 4 is 50.7 Å². The number of halogens is 3. The zero-order valence-electron chi connectivity index (χ0n) is 21.5. The van der Waals surface area contributed by atoms with Crippen LogP contribution in [0, 0.1) is 5.82 Å². The number of carbonyl (C=O) groups excluding carboxylic acids is 2. The fraction of sp³-hybridized carbons (Fsp3) is 0.286. The van der Waals surface area contributed by atoms with E-state index >= 15 is 0 Å². The molecule has 8 nitrogen and oxygen atoms in total. The molecule has 0 aliphatic carbocycles. The average molecular weight is 606 g/mol. The number of rotatable bonds is 8. The molecule has 1 atom stereocenters. The monoisotopic (exact) mass is 604 g/mol. The smallest absolute Gasteiger partial charge is 0.252 e. The van der Waals surface area contributed by atoms with Crippen LogP contribution < -0.4 is 14.9 Å². The van der Waals surface area contributed by atoms with E-state index in [9.17, 15) is 22.4 Å². The highest BCUT2D eigenvalue weighted by molar-refractivity contribution is 7.92. The quantitative estimate of drug-likeness (QED) is 0.405. The summed E-state index contributed by atoms with van der Waals surface area (Å²) in [5.41, 5.74) is 1.91. The van der Waals surface area contributed by atoms with Crippen LogP contribution in [0.3, 0.4) is 0 Å². The summed E-state index contributed by atoms with van der Waals surface area (Å²) in [5, 5.41) is 6.41. The van der Waals surface area contributed by atoms with Crippen LogP contribution in [-0.2, 0) is 14.8 Å². The van der Waals surface area contributed by atoms with Gasteiger partial charge in [0.05, 0.1) is 24.0 Å². The van der Waals surface area contributed by atoms with Crippen LogP contribution in [-0.4, -0.2) is 63.1 Å². The van der Waals surface area contributed by atoms with Crippen LogP contribution in [0.25, 0.3) is 0 Å². The molecule has 12 heteroatoms. The Balaban J connectivity index is 1.41. The molecular formula is C28H27Cl2FN4O4S. The summed E-state index contributed by atoms with van der Waals surface area (Å²) >= 11 is 12.2. The number of nitrogens with one attached hydrogen (secondary N) is 2. The molecule has 2 saturated heterocycles. The molecule has 2 fully saturated rings. The van der Waals surface area contributed by atoms with Crippen molar-refractivity contribution in [1.82, 2.24) is 15.5 Å². The van der Waals surface area contributed by atoms with Crippen LogP contribution in [0.15, 0.2) is 66.7 Å². The van der Waals surface area contributed by atoms with Crippen molar-refractivity contribution in [2.45, 2.75) is 24.5 Å². The van der Waals surface area contributed by atoms with E-state index in [0.717, 1.165) is 33.8 Å². The molecule has 210 valence electrons. The van der Waals surface area contributed by atoms with E-state index in [-0.39, 0.29) is 23.2 Å². The van der Waals surface area contributed by atoms with Crippen LogP contribution >= 0.6 is 23.2 Å². The number of anilines is 1. The van der Waals surface area contributed by atoms with E-state index in [1.807, 2.05) is 24.3 Å². The lowest BCUT2D eigenvalue weighted by Gasteiger charge is -2.48. The van der Waals surface area contributed by atoms with Crippen molar-refractivity contribution in [1.29, 1.82) is 0 Å². The molecule has 3 aromatic carbocycles. The minimum atomic E-state index is -3.85. The topological polar surface area (TPSA) is 98.8 Å². The molecule has 40 heavy (non-hydrogen) atoms. The molecule has 2 amide bonds. The van der Waals surface area contributed by atoms with Crippen molar-refractivity contribution in [2.75, 3.05) is 30.2 Å². The molecule has 0 unspecified atom stereocenters. The number of sulfonamides is 1. The fourth-order valence-corrected chi connectivity index (χ4v) is 6.65. The van der Waals surface area contributed by atoms with E-state index in [0.29, 0.717) is 36.1 Å². The van der Waals surface area contributed by atoms with Crippen molar-refractivity contribution in [3.8, 4) is 0 Å². The lowest BCUT2D eigenvalue weighted by atomic mass is 9.93. The van der Waals surface area contributed by atoms with Gasteiger partial charge in [-0.1, -0.05) is 47.5 Å². The minimum Gasteiger partial charge on any atom is -0.354 e. The van der Waals surface area contributed by atoms with E-state index in [1.54, 1.807) is 24.3 Å². The van der Waals surface area contributed by atoms with Gasteiger partial charge in [0.25, 0.3) is 5.91 Å². The summed E-state index contributed by atoms with van der Waals surface area (Å²) in [7, 11) is -3.85. The lowest BCUT2D eigenvalue weighted by Crippen LogP contribution is -2.61. The first-order chi connectivity index (χ1) is 19.0. The van der Waals surface area contributed by atoms with Gasteiger partial charge in [-0.05, 0) is 60.0 Å². The molecule has 3 aromatic rings. The predicted molar refractivity (Wildman–Crippen MR) is 153 cm³/mol. The Bertz CT molecular complexity index is 1490. The summed E-state index contributed by atoms with van der Waals surface area (Å²) in [6, 6.07) is 16.9. The van der Waals surface area contributed by atoms with Gasteiger partial charge < -0.3 is 10.6 Å². The Morgan fingerprint density at radius 1 is 1.02 bits per heavy atom. The Morgan fingerprint density at radius 2 is 1.60 bits per heavy atom. The fourth-order valence-electron chi connectivity index (χ4n) is 5.23. The van der Waals surface area contributed by atoms with Crippen LogP contribution in [0.2, 0.25) is 10.0 Å². The summed E-state index contributed by atoms with van der Waals surface area (Å²) in [6.45, 7) is 1.14. The molecule has 0 spiro atoms. The number of amides is 2. The predicted octanol–water partition coefficient (Wildman–Crippen LogP) is 3.99. The largest absolute Gasteiger partial charge is 0.354 e. The van der Waals surface area contributed by atoms with E-state index in [2.05, 4.69) is 15.5 Å². The molecule has 2 heterocycles. The lowest BCUT2D eigenvalue weighted by molar-refractivity contribution is -0.120. The number of hydrogen-bond donors (Lipinski definition) is 2. The van der Waals surface area contributed by atoms with E-state index in [4.69, 9.17) is 23.2 Å². The maximum atomic E-state index is 14.7. The van der Waals surface area contributed by atoms with Gasteiger partial charge in [0.1, 0.15) is 11.9 Å². The molecule has 2 N–H and O–H groups in total. The summed E-state index contributed by atoms with van der Waals surface area (Å²) < 4.78 is 41.8. The third-order valence-electron chi connectivity index (χ3n) is 7.07. The molecule has 0 bridgehead atoms. The van der Waals surface area contributed by atoms with Crippen molar-refractivity contribution in [3.05, 3.63) is 99.3 Å². The molecule has 0 aromatic heterocycles. The second-order valence-corrected chi connectivity index (χ2v) is 12.7. The first-order valence-corrected chi connectivity index (χ1v) is 15.2. The van der Waals surface area contributed by atoms with Crippen LogP contribution in [0.1, 0.15) is 33.9 Å². The second kappa shape index (κ2) is 11.4. The molecular weight excluding hydrogens is 578 g/mol. The first kappa shape index (κ1) is 28.4. The number of benzene rings is 3. The SMILES string of the molecule is CS(=O)(=O)N(c1cc(F)cc(C(=O)N[C@@H]2CCNC2=O)c1)C1CN(C(c2ccc(Cl)cc2)c2ccc(Cl)cc2)C1. The molecule has 2 aliphatic heterocycles. The average Bonchev–Trinajstić information content (AvgIpc) is 3.27. The third kappa shape index (κ3) is 6.10. The highest BCUT2D eigenvalue weighted by atomic mass is 35.5. The van der Waals surface area contributed by atoms with Crippen LogP contribution in [0.5, 0.6) is 0 Å². The Labute approximate surface area is 242 Å². The summed E-state index contributed by atoms with van der Waals surface area (Å²) in [4.78, 5) is 26.8. The maximum absolute atomic E-state index is 14.7. The van der Waals surface area contributed by atoms with Gasteiger partial charge in [0, 0.05) is 35.2 Å². The van der Waals surface area contributed by atoms with Crippen molar-refractivity contribution in [2.24, 2.45) is 0 Å². The van der Waals surface area contributed by atoms with Gasteiger partial charge in [0.2, 0.25) is 15.9 Å². The number of carbonyl (C=O) groups is 2.